The summed E-state index contributed by atoms with van der Waals surface area (Å²) in [5, 5.41) is 0.477. The summed E-state index contributed by atoms with van der Waals surface area (Å²) in [5.74, 6) is -0.873. The molecule has 0 saturated heterocycles. The van der Waals surface area contributed by atoms with Gasteiger partial charge in [0.1, 0.15) is 10.6 Å². The normalized spacial score (nSPS) is 11.7. The van der Waals surface area contributed by atoms with Crippen LogP contribution in [-0.4, -0.2) is 24.3 Å². The molecule has 3 aromatic rings. The van der Waals surface area contributed by atoms with E-state index in [1.165, 1.54) is 18.3 Å². The molecule has 0 spiro atoms. The Morgan fingerprint density at radius 2 is 2.00 bits per heavy atom. The number of carbonyl (C=O) groups is 1. The van der Waals surface area contributed by atoms with Crippen LogP contribution >= 0.6 is 11.6 Å². The van der Waals surface area contributed by atoms with Crippen LogP contribution in [0, 0.1) is 0 Å². The molecule has 2 aromatic heterocycles. The number of sulfone groups is 1. The van der Waals surface area contributed by atoms with Crippen molar-refractivity contribution in [3.8, 4) is 0 Å². The molecule has 8 heteroatoms. The van der Waals surface area contributed by atoms with Gasteiger partial charge in [-0.3, -0.25) is 4.79 Å². The van der Waals surface area contributed by atoms with Gasteiger partial charge in [0.05, 0.1) is 0 Å². The molecule has 0 bridgehead atoms. The zero-order valence-corrected chi connectivity index (χ0v) is 12.6. The number of H-pyrrole nitrogens is 1. The lowest BCUT2D eigenvalue weighted by molar-refractivity contribution is 0.0993. The first-order chi connectivity index (χ1) is 10.4. The van der Waals surface area contributed by atoms with Gasteiger partial charge in [0, 0.05) is 22.1 Å². The van der Waals surface area contributed by atoms with Crippen LogP contribution in [0.4, 0.5) is 0 Å². The molecule has 0 fully saturated rings. The molecule has 0 atom stereocenters. The lowest BCUT2D eigenvalue weighted by Gasteiger charge is -2.04. The molecule has 3 rings (SSSR count). The Morgan fingerprint density at radius 3 is 2.64 bits per heavy atom. The van der Waals surface area contributed by atoms with Crippen LogP contribution in [0.2, 0.25) is 5.02 Å². The number of pyridine rings is 1. The highest BCUT2D eigenvalue weighted by atomic mass is 35.5. The van der Waals surface area contributed by atoms with Crippen molar-refractivity contribution in [3.63, 3.8) is 0 Å². The molecule has 0 aliphatic heterocycles. The van der Waals surface area contributed by atoms with E-state index in [2.05, 4.69) is 9.97 Å². The summed E-state index contributed by atoms with van der Waals surface area (Å²) in [6, 6.07) is 9.13. The average molecular weight is 336 g/mol. The van der Waals surface area contributed by atoms with Gasteiger partial charge in [0.25, 0.3) is 5.91 Å². The van der Waals surface area contributed by atoms with Gasteiger partial charge in [-0.2, -0.15) is 0 Å². The molecular weight excluding hydrogens is 326 g/mol. The second kappa shape index (κ2) is 5.11. The van der Waals surface area contributed by atoms with E-state index in [1.807, 2.05) is 0 Å². The summed E-state index contributed by atoms with van der Waals surface area (Å²) in [7, 11) is -4.02. The van der Waals surface area contributed by atoms with Crippen LogP contribution in [-0.2, 0) is 9.84 Å². The fourth-order valence-corrected chi connectivity index (χ4v) is 3.92. The Bertz CT molecular complexity index is 981. The van der Waals surface area contributed by atoms with Gasteiger partial charge in [-0.05, 0) is 30.3 Å². The fourth-order valence-electron chi connectivity index (χ4n) is 2.20. The fraction of sp³-hybridized carbons (Fsp3) is 0. The number of rotatable bonds is 3. The Hall–Kier alpha value is -2.38. The number of halogens is 1. The molecule has 1 amide bonds. The molecule has 0 unspecified atom stereocenters. The molecule has 2 heterocycles. The molecule has 3 N–H and O–H groups in total. The first kappa shape index (κ1) is 14.6. The van der Waals surface area contributed by atoms with Gasteiger partial charge >= 0.3 is 0 Å². The van der Waals surface area contributed by atoms with E-state index in [9.17, 15) is 13.2 Å². The molecule has 22 heavy (non-hydrogen) atoms. The van der Waals surface area contributed by atoms with Crippen molar-refractivity contribution in [3.05, 3.63) is 53.3 Å². The number of nitrogens with zero attached hydrogens (tertiary/aromatic N) is 1. The zero-order valence-electron chi connectivity index (χ0n) is 11.1. The number of amides is 1. The number of benzene rings is 1. The van der Waals surface area contributed by atoms with Crippen LogP contribution in [0.5, 0.6) is 0 Å². The van der Waals surface area contributed by atoms with E-state index in [0.717, 1.165) is 0 Å². The number of fused-ring (bicyclic) bond motifs is 1. The largest absolute Gasteiger partial charge is 0.364 e. The van der Waals surface area contributed by atoms with Crippen molar-refractivity contribution < 1.29 is 13.2 Å². The van der Waals surface area contributed by atoms with Gasteiger partial charge < -0.3 is 10.7 Å². The van der Waals surface area contributed by atoms with E-state index < -0.39 is 15.7 Å². The molecule has 0 radical (unpaired) electrons. The zero-order chi connectivity index (χ0) is 15.9. The summed E-state index contributed by atoms with van der Waals surface area (Å²) < 4.78 is 25.6. The third kappa shape index (κ3) is 2.24. The molecule has 1 aromatic carbocycles. The van der Waals surface area contributed by atoms with Crippen LogP contribution in [0.3, 0.4) is 0 Å². The second-order valence-electron chi connectivity index (χ2n) is 4.55. The summed E-state index contributed by atoms with van der Waals surface area (Å²) in [6.45, 7) is 0. The van der Waals surface area contributed by atoms with Crippen LogP contribution in [0.15, 0.2) is 52.5 Å². The van der Waals surface area contributed by atoms with Gasteiger partial charge in [-0.15, -0.1) is 0 Å². The van der Waals surface area contributed by atoms with Crippen molar-refractivity contribution in [2.24, 2.45) is 5.73 Å². The van der Waals surface area contributed by atoms with Gasteiger partial charge in [0.2, 0.25) is 9.84 Å². The highest BCUT2D eigenvalue weighted by molar-refractivity contribution is 7.91. The topological polar surface area (TPSA) is 106 Å². The second-order valence-corrected chi connectivity index (χ2v) is 6.82. The number of nitrogens with one attached hydrogen (secondary N) is 1. The summed E-state index contributed by atoms with van der Waals surface area (Å²) >= 11 is 5.94. The number of carbonyl (C=O) groups excluding carboxylic acids is 1. The number of hydrogen-bond donors (Lipinski definition) is 2. The molecule has 112 valence electrons. The van der Waals surface area contributed by atoms with Gasteiger partial charge in [0.15, 0.2) is 5.03 Å². The van der Waals surface area contributed by atoms with E-state index in [4.69, 9.17) is 17.3 Å². The molecule has 0 saturated carbocycles. The van der Waals surface area contributed by atoms with Gasteiger partial charge in [-0.1, -0.05) is 17.7 Å². The maximum atomic E-state index is 12.8. The standard InChI is InChI=1S/C14H10ClN3O3S/c15-8-4-5-10-9(7-8)13(12(18-10)14(16)19)22(20,21)11-3-1-2-6-17-11/h1-7,18H,(H2,16,19). The van der Waals surface area contributed by atoms with E-state index >= 15 is 0 Å². The first-order valence-electron chi connectivity index (χ1n) is 6.18. The molecular formula is C14H10ClN3O3S. The number of aromatic amines is 1. The Labute approximate surface area is 130 Å². The van der Waals surface area contributed by atoms with Crippen molar-refractivity contribution in [2.75, 3.05) is 0 Å². The lowest BCUT2D eigenvalue weighted by atomic mass is 10.2. The third-order valence-electron chi connectivity index (χ3n) is 3.14. The lowest BCUT2D eigenvalue weighted by Crippen LogP contribution is -2.16. The Kier molecular flexibility index (Phi) is 3.38. The Balaban J connectivity index is 2.41. The quantitative estimate of drug-likeness (QED) is 0.764. The molecule has 6 nitrogen and oxygen atoms in total. The number of primary amides is 1. The summed E-state index contributed by atoms with van der Waals surface area (Å²) in [4.78, 5) is 18.0. The minimum atomic E-state index is -4.02. The van der Waals surface area contributed by atoms with Crippen molar-refractivity contribution in [2.45, 2.75) is 9.92 Å². The van der Waals surface area contributed by atoms with Crippen molar-refractivity contribution in [1.29, 1.82) is 0 Å². The first-order valence-corrected chi connectivity index (χ1v) is 8.04. The Morgan fingerprint density at radius 1 is 1.23 bits per heavy atom. The van der Waals surface area contributed by atoms with Crippen molar-refractivity contribution in [1.82, 2.24) is 9.97 Å². The highest BCUT2D eigenvalue weighted by Crippen LogP contribution is 2.32. The van der Waals surface area contributed by atoms with Crippen molar-refractivity contribution >= 4 is 38.2 Å². The van der Waals surface area contributed by atoms with Crippen LogP contribution < -0.4 is 5.73 Å². The van der Waals surface area contributed by atoms with E-state index in [-0.39, 0.29) is 15.6 Å². The number of aromatic nitrogens is 2. The maximum Gasteiger partial charge on any atom is 0.266 e. The molecule has 0 aliphatic rings. The van der Waals surface area contributed by atoms with Crippen LogP contribution in [0.1, 0.15) is 10.5 Å². The molecule has 0 aliphatic carbocycles. The SMILES string of the molecule is NC(=O)c1[nH]c2ccc(Cl)cc2c1S(=O)(=O)c1ccccn1. The minimum Gasteiger partial charge on any atom is -0.364 e. The highest BCUT2D eigenvalue weighted by Gasteiger charge is 2.29. The predicted molar refractivity (Wildman–Crippen MR) is 81.5 cm³/mol. The summed E-state index contributed by atoms with van der Waals surface area (Å²) in [6.07, 6.45) is 1.36. The number of hydrogen-bond acceptors (Lipinski definition) is 4. The minimum absolute atomic E-state index is 0.168. The van der Waals surface area contributed by atoms with Crippen LogP contribution in [0.25, 0.3) is 10.9 Å². The predicted octanol–water partition coefficient (Wildman–Crippen LogP) is 2.15. The maximum absolute atomic E-state index is 12.8. The summed E-state index contributed by atoms with van der Waals surface area (Å²) in [5.41, 5.74) is 5.56. The van der Waals surface area contributed by atoms with E-state index in [0.29, 0.717) is 15.9 Å². The third-order valence-corrected chi connectivity index (χ3v) is 5.13. The monoisotopic (exact) mass is 335 g/mol. The smallest absolute Gasteiger partial charge is 0.266 e. The average Bonchev–Trinajstić information content (AvgIpc) is 2.87. The van der Waals surface area contributed by atoms with Gasteiger partial charge in [-0.25, -0.2) is 13.4 Å². The number of nitrogens with two attached hydrogens (primary N) is 1. The van der Waals surface area contributed by atoms with E-state index in [1.54, 1.807) is 24.3 Å².